The zero-order chi connectivity index (χ0) is 9.90. The lowest BCUT2D eigenvalue weighted by Crippen LogP contribution is -2.34. The van der Waals surface area contributed by atoms with Crippen molar-refractivity contribution in [2.45, 2.75) is 18.1 Å². The second-order valence-corrected chi connectivity index (χ2v) is 5.43. The molecule has 1 rings (SSSR count). The van der Waals surface area contributed by atoms with Crippen LogP contribution in [0.4, 0.5) is 0 Å². The topological polar surface area (TPSA) is 89.3 Å². The van der Waals surface area contributed by atoms with Gasteiger partial charge in [-0.3, -0.25) is 4.79 Å². The van der Waals surface area contributed by atoms with Crippen LogP contribution in [0.2, 0.25) is 0 Å². The van der Waals surface area contributed by atoms with Crippen LogP contribution in [0, 0.1) is 0 Å². The second kappa shape index (κ2) is 4.06. The fraction of sp³-hybridized carbons (Fsp3) is 0.857. The van der Waals surface area contributed by atoms with Crippen molar-refractivity contribution in [2.75, 3.05) is 18.8 Å². The first-order chi connectivity index (χ1) is 6.06. The third-order valence-electron chi connectivity index (χ3n) is 1.83. The molecule has 3 N–H and O–H groups in total. The maximum absolute atomic E-state index is 11.3. The van der Waals surface area contributed by atoms with E-state index in [0.717, 1.165) is 0 Å². The molecule has 0 aliphatic heterocycles. The van der Waals surface area contributed by atoms with Gasteiger partial charge in [-0.05, 0) is 12.8 Å². The van der Waals surface area contributed by atoms with E-state index in [9.17, 15) is 13.2 Å². The first-order valence-electron chi connectivity index (χ1n) is 4.24. The Labute approximate surface area is 77.6 Å². The van der Waals surface area contributed by atoms with E-state index >= 15 is 0 Å². The monoisotopic (exact) mass is 206 g/mol. The first kappa shape index (κ1) is 10.5. The van der Waals surface area contributed by atoms with E-state index in [-0.39, 0.29) is 5.25 Å². The van der Waals surface area contributed by atoms with Gasteiger partial charge in [-0.1, -0.05) is 0 Å². The number of hydrogen-bond donors (Lipinski definition) is 2. The molecule has 1 saturated carbocycles. The SMILES string of the molecule is NCCNC(=O)CS(=O)(=O)C1CC1. The zero-order valence-corrected chi connectivity index (χ0v) is 8.14. The molecular formula is C7H14N2O3S. The van der Waals surface area contributed by atoms with E-state index in [1.165, 1.54) is 0 Å². The fourth-order valence-electron chi connectivity index (χ4n) is 0.990. The maximum atomic E-state index is 11.3. The number of carbonyl (C=O) groups excluding carboxylic acids is 1. The first-order valence-corrected chi connectivity index (χ1v) is 5.96. The molecule has 0 aromatic heterocycles. The molecule has 1 aliphatic rings. The molecule has 1 aliphatic carbocycles. The number of nitrogens with two attached hydrogens (primary N) is 1. The van der Waals surface area contributed by atoms with Crippen molar-refractivity contribution >= 4 is 15.7 Å². The number of hydrogen-bond acceptors (Lipinski definition) is 4. The molecule has 0 bridgehead atoms. The van der Waals surface area contributed by atoms with Crippen molar-refractivity contribution in [2.24, 2.45) is 5.73 Å². The predicted molar refractivity (Wildman–Crippen MR) is 48.9 cm³/mol. The van der Waals surface area contributed by atoms with Gasteiger partial charge >= 0.3 is 0 Å². The van der Waals surface area contributed by atoms with Gasteiger partial charge in [0.15, 0.2) is 9.84 Å². The number of nitrogens with one attached hydrogen (secondary N) is 1. The average molecular weight is 206 g/mol. The molecule has 0 radical (unpaired) electrons. The highest BCUT2D eigenvalue weighted by Gasteiger charge is 2.36. The maximum Gasteiger partial charge on any atom is 0.235 e. The Hall–Kier alpha value is -0.620. The number of sulfone groups is 1. The molecule has 0 aromatic carbocycles. The minimum Gasteiger partial charge on any atom is -0.354 e. The van der Waals surface area contributed by atoms with Gasteiger partial charge in [0.05, 0.1) is 5.25 Å². The fourth-order valence-corrected chi connectivity index (χ4v) is 2.55. The zero-order valence-electron chi connectivity index (χ0n) is 7.32. The summed E-state index contributed by atoms with van der Waals surface area (Å²) < 4.78 is 22.5. The Morgan fingerprint density at radius 2 is 2.08 bits per heavy atom. The van der Waals surface area contributed by atoms with Crippen molar-refractivity contribution in [1.29, 1.82) is 0 Å². The van der Waals surface area contributed by atoms with Gasteiger partial charge in [-0.2, -0.15) is 0 Å². The summed E-state index contributed by atoms with van der Waals surface area (Å²) in [6.07, 6.45) is 1.40. The third-order valence-corrected chi connectivity index (χ3v) is 3.98. The van der Waals surface area contributed by atoms with Gasteiger partial charge in [0, 0.05) is 13.1 Å². The lowest BCUT2D eigenvalue weighted by atomic mass is 10.6. The third kappa shape index (κ3) is 3.31. The summed E-state index contributed by atoms with van der Waals surface area (Å²) in [5, 5.41) is 2.16. The average Bonchev–Trinajstić information content (AvgIpc) is 2.81. The van der Waals surface area contributed by atoms with E-state index in [2.05, 4.69) is 5.32 Å². The highest BCUT2D eigenvalue weighted by atomic mass is 32.2. The van der Waals surface area contributed by atoms with Crippen LogP contribution in [0.5, 0.6) is 0 Å². The minimum atomic E-state index is -3.17. The lowest BCUT2D eigenvalue weighted by Gasteiger charge is -2.03. The molecular weight excluding hydrogens is 192 g/mol. The van der Waals surface area contributed by atoms with E-state index in [4.69, 9.17) is 5.73 Å². The van der Waals surface area contributed by atoms with Crippen molar-refractivity contribution in [3.8, 4) is 0 Å². The van der Waals surface area contributed by atoms with Gasteiger partial charge in [0.1, 0.15) is 5.75 Å². The smallest absolute Gasteiger partial charge is 0.235 e. The summed E-state index contributed by atoms with van der Waals surface area (Å²) >= 11 is 0. The van der Waals surface area contributed by atoms with Crippen LogP contribution in [0.15, 0.2) is 0 Å². The van der Waals surface area contributed by atoms with Crippen LogP contribution in [-0.4, -0.2) is 38.4 Å². The molecule has 0 spiro atoms. The van der Waals surface area contributed by atoms with Gasteiger partial charge in [0.25, 0.3) is 0 Å². The van der Waals surface area contributed by atoms with E-state index < -0.39 is 21.5 Å². The van der Waals surface area contributed by atoms with Crippen molar-refractivity contribution in [3.63, 3.8) is 0 Å². The van der Waals surface area contributed by atoms with Crippen molar-refractivity contribution in [1.82, 2.24) is 5.32 Å². The molecule has 0 unspecified atom stereocenters. The molecule has 0 heterocycles. The van der Waals surface area contributed by atoms with Crippen molar-refractivity contribution < 1.29 is 13.2 Å². The van der Waals surface area contributed by atoms with E-state index in [1.54, 1.807) is 0 Å². The van der Waals surface area contributed by atoms with Gasteiger partial charge in [-0.25, -0.2) is 8.42 Å². The largest absolute Gasteiger partial charge is 0.354 e. The molecule has 1 fully saturated rings. The Kier molecular flexibility index (Phi) is 3.27. The van der Waals surface area contributed by atoms with Crippen LogP contribution in [0.25, 0.3) is 0 Å². The number of carbonyl (C=O) groups is 1. The standard InChI is InChI=1S/C7H14N2O3S/c8-3-4-9-7(10)5-13(11,12)6-1-2-6/h6H,1-5,8H2,(H,9,10). The minimum absolute atomic E-state index is 0.267. The summed E-state index contributed by atoms with van der Waals surface area (Å²) in [6.45, 7) is 0.661. The van der Waals surface area contributed by atoms with Crippen LogP contribution in [0.3, 0.4) is 0 Å². The molecule has 0 atom stereocenters. The summed E-state index contributed by atoms with van der Waals surface area (Å²) in [7, 11) is -3.17. The van der Waals surface area contributed by atoms with Crippen LogP contribution >= 0.6 is 0 Å². The van der Waals surface area contributed by atoms with Crippen molar-refractivity contribution in [3.05, 3.63) is 0 Å². The van der Waals surface area contributed by atoms with E-state index in [0.29, 0.717) is 25.9 Å². The lowest BCUT2D eigenvalue weighted by molar-refractivity contribution is -0.118. The van der Waals surface area contributed by atoms with Gasteiger partial charge < -0.3 is 11.1 Å². The Bertz CT molecular complexity index is 282. The van der Waals surface area contributed by atoms with Crippen LogP contribution in [0.1, 0.15) is 12.8 Å². The Morgan fingerprint density at radius 1 is 1.46 bits per heavy atom. The van der Waals surface area contributed by atoms with E-state index in [1.807, 2.05) is 0 Å². The molecule has 1 amide bonds. The Morgan fingerprint density at radius 3 is 2.54 bits per heavy atom. The quantitative estimate of drug-likeness (QED) is 0.581. The van der Waals surface area contributed by atoms with Crippen LogP contribution < -0.4 is 11.1 Å². The molecule has 76 valence electrons. The second-order valence-electron chi connectivity index (χ2n) is 3.15. The summed E-state index contributed by atoms with van der Waals surface area (Å²) in [5.41, 5.74) is 5.15. The normalized spacial score (nSPS) is 17.0. The molecule has 5 nitrogen and oxygen atoms in total. The summed E-state index contributed by atoms with van der Waals surface area (Å²) in [4.78, 5) is 11.0. The molecule has 0 saturated heterocycles. The van der Waals surface area contributed by atoms with Gasteiger partial charge in [0.2, 0.25) is 5.91 Å². The van der Waals surface area contributed by atoms with Gasteiger partial charge in [-0.15, -0.1) is 0 Å². The molecule has 13 heavy (non-hydrogen) atoms. The number of rotatable bonds is 5. The molecule has 6 heteroatoms. The Balaban J connectivity index is 2.34. The highest BCUT2D eigenvalue weighted by molar-refractivity contribution is 7.93. The predicted octanol–water partition coefficient (Wildman–Crippen LogP) is -1.36. The highest BCUT2D eigenvalue weighted by Crippen LogP contribution is 2.28. The van der Waals surface area contributed by atoms with Crippen LogP contribution in [-0.2, 0) is 14.6 Å². The summed E-state index contributed by atoms with van der Waals surface area (Å²) in [5.74, 6) is -0.838. The number of amides is 1. The molecule has 0 aromatic rings. The summed E-state index contributed by atoms with van der Waals surface area (Å²) in [6, 6.07) is 0.